The highest BCUT2D eigenvalue weighted by atomic mass is 32.1. The van der Waals surface area contributed by atoms with E-state index in [1.807, 2.05) is 36.4 Å². The standard InChI is InChI=1S/C23H23N5O2S/c1-14-9-11-16(12-10-14)24-20(29)15-5-4-6-17(13-15)25-22-27-28-21(30)18-7-2-3-8-19(18)26-23(28)31-22/h2-8,13-14,16H,9-12H2,1H3,(H,24,29)(H,25,27). The molecule has 2 heterocycles. The summed E-state index contributed by atoms with van der Waals surface area (Å²) in [7, 11) is 0. The number of nitrogens with one attached hydrogen (secondary N) is 2. The van der Waals surface area contributed by atoms with Crippen LogP contribution in [0.2, 0.25) is 0 Å². The van der Waals surface area contributed by atoms with Crippen molar-refractivity contribution >= 4 is 43.9 Å². The minimum atomic E-state index is -0.195. The summed E-state index contributed by atoms with van der Waals surface area (Å²) in [6, 6.07) is 14.8. The lowest BCUT2D eigenvalue weighted by Crippen LogP contribution is -2.37. The molecule has 1 aliphatic rings. The maximum Gasteiger partial charge on any atom is 0.283 e. The Morgan fingerprint density at radius 2 is 1.90 bits per heavy atom. The van der Waals surface area contributed by atoms with Crippen molar-refractivity contribution in [3.63, 3.8) is 0 Å². The molecule has 1 fully saturated rings. The number of anilines is 2. The highest BCUT2D eigenvalue weighted by molar-refractivity contribution is 7.20. The number of hydrogen-bond donors (Lipinski definition) is 2. The van der Waals surface area contributed by atoms with Crippen LogP contribution in [0.5, 0.6) is 0 Å². The summed E-state index contributed by atoms with van der Waals surface area (Å²) in [6.07, 6.45) is 4.39. The van der Waals surface area contributed by atoms with Gasteiger partial charge in [0.2, 0.25) is 10.1 Å². The first kappa shape index (κ1) is 19.7. The van der Waals surface area contributed by atoms with Crippen LogP contribution >= 0.6 is 11.3 Å². The Hall–Kier alpha value is -3.26. The first-order chi connectivity index (χ1) is 15.1. The average molecular weight is 434 g/mol. The first-order valence-corrected chi connectivity index (χ1v) is 11.3. The number of amides is 1. The molecule has 0 unspecified atom stereocenters. The topological polar surface area (TPSA) is 88.4 Å². The third-order valence-electron chi connectivity index (χ3n) is 5.83. The Labute approximate surface area is 183 Å². The number of aromatic nitrogens is 3. The fourth-order valence-corrected chi connectivity index (χ4v) is 4.86. The number of fused-ring (bicyclic) bond motifs is 2. The van der Waals surface area contributed by atoms with Crippen LogP contribution in [0.25, 0.3) is 15.9 Å². The minimum absolute atomic E-state index is 0.0587. The predicted molar refractivity (Wildman–Crippen MR) is 123 cm³/mol. The summed E-state index contributed by atoms with van der Waals surface area (Å²) in [4.78, 5) is 30.5. The second-order valence-corrected chi connectivity index (χ2v) is 9.13. The smallest absolute Gasteiger partial charge is 0.283 e. The number of nitrogens with zero attached hydrogens (tertiary/aromatic N) is 3. The van der Waals surface area contributed by atoms with Gasteiger partial charge in [-0.25, -0.2) is 4.98 Å². The van der Waals surface area contributed by atoms with Crippen LogP contribution in [0.15, 0.2) is 53.3 Å². The molecule has 0 saturated heterocycles. The summed E-state index contributed by atoms with van der Waals surface area (Å²) in [5, 5.41) is 11.8. The fourth-order valence-electron chi connectivity index (χ4n) is 4.04. The number of carbonyl (C=O) groups excluding carboxylic acids is 1. The van der Waals surface area contributed by atoms with Gasteiger partial charge in [0.15, 0.2) is 0 Å². The van der Waals surface area contributed by atoms with Crippen LogP contribution in [-0.2, 0) is 0 Å². The summed E-state index contributed by atoms with van der Waals surface area (Å²) >= 11 is 1.29. The van der Waals surface area contributed by atoms with Gasteiger partial charge in [-0.1, -0.05) is 36.5 Å². The first-order valence-electron chi connectivity index (χ1n) is 10.5. The minimum Gasteiger partial charge on any atom is -0.349 e. The Kier molecular flexibility index (Phi) is 5.15. The van der Waals surface area contributed by atoms with Gasteiger partial charge in [0.1, 0.15) is 0 Å². The molecule has 1 saturated carbocycles. The monoisotopic (exact) mass is 433 g/mol. The maximum atomic E-state index is 12.7. The van der Waals surface area contributed by atoms with Crippen LogP contribution in [-0.4, -0.2) is 26.5 Å². The van der Waals surface area contributed by atoms with E-state index in [4.69, 9.17) is 0 Å². The van der Waals surface area contributed by atoms with E-state index in [1.165, 1.54) is 15.9 Å². The van der Waals surface area contributed by atoms with Crippen molar-refractivity contribution in [3.05, 3.63) is 64.4 Å². The molecular weight excluding hydrogens is 410 g/mol. The van der Waals surface area contributed by atoms with Gasteiger partial charge in [-0.3, -0.25) is 9.59 Å². The summed E-state index contributed by atoms with van der Waals surface area (Å²) in [5.74, 6) is 0.686. The molecule has 2 aromatic heterocycles. The van der Waals surface area contributed by atoms with Crippen LogP contribution < -0.4 is 16.2 Å². The summed E-state index contributed by atoms with van der Waals surface area (Å²) in [6.45, 7) is 2.27. The van der Waals surface area contributed by atoms with Crippen molar-refractivity contribution in [1.82, 2.24) is 19.9 Å². The van der Waals surface area contributed by atoms with Gasteiger partial charge < -0.3 is 10.6 Å². The van der Waals surface area contributed by atoms with Crippen molar-refractivity contribution in [2.45, 2.75) is 38.6 Å². The third kappa shape index (κ3) is 4.03. The Bertz CT molecular complexity index is 1320. The lowest BCUT2D eigenvalue weighted by Gasteiger charge is -2.26. The predicted octanol–water partition coefficient (Wildman–Crippen LogP) is 4.36. The SMILES string of the molecule is CC1CCC(NC(=O)c2cccc(Nc3nn4c(=O)c5ccccc5nc4s3)c2)CC1. The zero-order valence-corrected chi connectivity index (χ0v) is 18.0. The van der Waals surface area contributed by atoms with E-state index < -0.39 is 0 Å². The van der Waals surface area contributed by atoms with Gasteiger partial charge in [0, 0.05) is 17.3 Å². The molecule has 158 valence electrons. The number of carbonyl (C=O) groups is 1. The highest BCUT2D eigenvalue weighted by Crippen LogP contribution is 2.25. The highest BCUT2D eigenvalue weighted by Gasteiger charge is 2.20. The van der Waals surface area contributed by atoms with E-state index in [1.54, 1.807) is 12.1 Å². The van der Waals surface area contributed by atoms with Crippen LogP contribution in [0.4, 0.5) is 10.8 Å². The Morgan fingerprint density at radius 3 is 2.74 bits per heavy atom. The molecule has 1 aliphatic carbocycles. The quantitative estimate of drug-likeness (QED) is 0.499. The third-order valence-corrected chi connectivity index (χ3v) is 6.65. The number of hydrogen-bond acceptors (Lipinski definition) is 6. The van der Waals surface area contributed by atoms with Crippen molar-refractivity contribution in [2.24, 2.45) is 5.92 Å². The van der Waals surface area contributed by atoms with Crippen LogP contribution in [0.1, 0.15) is 43.0 Å². The van der Waals surface area contributed by atoms with Gasteiger partial charge in [-0.2, -0.15) is 4.52 Å². The zero-order valence-electron chi connectivity index (χ0n) is 17.2. The molecule has 0 radical (unpaired) electrons. The molecule has 0 aliphatic heterocycles. The van der Waals surface area contributed by atoms with E-state index in [2.05, 4.69) is 27.6 Å². The number of para-hydroxylation sites is 1. The molecule has 1 amide bonds. The normalized spacial score (nSPS) is 18.9. The number of rotatable bonds is 4. The van der Waals surface area contributed by atoms with Crippen molar-refractivity contribution < 1.29 is 4.79 Å². The molecule has 8 heteroatoms. The molecule has 31 heavy (non-hydrogen) atoms. The molecule has 0 spiro atoms. The second-order valence-electron chi connectivity index (χ2n) is 8.17. The molecule has 2 aromatic carbocycles. The van der Waals surface area contributed by atoms with E-state index >= 15 is 0 Å². The largest absolute Gasteiger partial charge is 0.349 e. The molecule has 2 N–H and O–H groups in total. The second kappa shape index (κ2) is 8.11. The Morgan fingerprint density at radius 1 is 1.10 bits per heavy atom. The molecule has 0 atom stereocenters. The molecular formula is C23H23N5O2S. The molecule has 7 nitrogen and oxygen atoms in total. The van der Waals surface area contributed by atoms with Crippen LogP contribution in [0.3, 0.4) is 0 Å². The van der Waals surface area contributed by atoms with Gasteiger partial charge in [0.25, 0.3) is 11.5 Å². The summed E-state index contributed by atoms with van der Waals surface area (Å²) in [5.41, 5.74) is 1.80. The average Bonchev–Trinajstić information content (AvgIpc) is 3.18. The van der Waals surface area contributed by atoms with Crippen molar-refractivity contribution in [3.8, 4) is 0 Å². The lowest BCUT2D eigenvalue weighted by molar-refractivity contribution is 0.0923. The van der Waals surface area contributed by atoms with Crippen LogP contribution in [0, 0.1) is 5.92 Å². The van der Waals surface area contributed by atoms with Gasteiger partial charge in [-0.05, 0) is 61.9 Å². The molecule has 4 aromatic rings. The van der Waals surface area contributed by atoms with E-state index in [0.29, 0.717) is 26.6 Å². The Balaban J connectivity index is 1.36. The zero-order chi connectivity index (χ0) is 21.4. The molecule has 5 rings (SSSR count). The van der Waals surface area contributed by atoms with Crippen molar-refractivity contribution in [1.29, 1.82) is 0 Å². The lowest BCUT2D eigenvalue weighted by atomic mass is 9.87. The maximum absolute atomic E-state index is 12.7. The molecule has 0 bridgehead atoms. The van der Waals surface area contributed by atoms with Gasteiger partial charge in [-0.15, -0.1) is 5.10 Å². The van der Waals surface area contributed by atoms with Crippen molar-refractivity contribution in [2.75, 3.05) is 5.32 Å². The van der Waals surface area contributed by atoms with E-state index in [9.17, 15) is 9.59 Å². The summed E-state index contributed by atoms with van der Waals surface area (Å²) < 4.78 is 1.32. The van der Waals surface area contributed by atoms with Gasteiger partial charge >= 0.3 is 0 Å². The van der Waals surface area contributed by atoms with Gasteiger partial charge in [0.05, 0.1) is 10.9 Å². The number of benzene rings is 2. The van der Waals surface area contributed by atoms with E-state index in [0.717, 1.165) is 37.3 Å². The fraction of sp³-hybridized carbons (Fsp3) is 0.304. The van der Waals surface area contributed by atoms with E-state index in [-0.39, 0.29) is 17.5 Å².